The molecule has 0 aliphatic rings. The molecule has 13 heteroatoms. The molecule has 0 radical (unpaired) electrons. The van der Waals surface area contributed by atoms with Crippen molar-refractivity contribution in [1.82, 2.24) is 4.31 Å². The van der Waals surface area contributed by atoms with E-state index in [0.717, 1.165) is 0 Å². The largest absolute Gasteiger partial charge is 0.461 e. The summed E-state index contributed by atoms with van der Waals surface area (Å²) in [7, 11) is -4.91. The first kappa shape index (κ1) is 24.7. The van der Waals surface area contributed by atoms with Crippen molar-refractivity contribution in [2.24, 2.45) is 0 Å². The Labute approximate surface area is 178 Å². The van der Waals surface area contributed by atoms with Crippen molar-refractivity contribution in [3.8, 4) is 0 Å². The highest BCUT2D eigenvalue weighted by atomic mass is 35.5. The Balaban J connectivity index is 2.31. The Bertz CT molecular complexity index is 1090. The summed E-state index contributed by atoms with van der Waals surface area (Å²) in [6.45, 7) is -0.239. The quantitative estimate of drug-likeness (QED) is 0.188. The van der Waals surface area contributed by atoms with Crippen molar-refractivity contribution in [2.45, 2.75) is 24.0 Å². The van der Waals surface area contributed by atoms with Crippen LogP contribution in [0.3, 0.4) is 0 Å². The molecule has 0 saturated heterocycles. The fourth-order valence-electron chi connectivity index (χ4n) is 2.43. The number of sulfonamides is 1. The van der Waals surface area contributed by atoms with Gasteiger partial charge in [-0.25, -0.2) is 30.4 Å². The molecule has 0 spiro atoms. The van der Waals surface area contributed by atoms with Gasteiger partial charge in [0, 0.05) is 7.05 Å². The van der Waals surface area contributed by atoms with Crippen LogP contribution in [-0.4, -0.2) is 37.0 Å². The summed E-state index contributed by atoms with van der Waals surface area (Å²) >= 11 is 5.31. The first-order valence-corrected chi connectivity index (χ1v) is 10.1. The molecule has 0 N–H and O–H groups in total. The zero-order valence-electron chi connectivity index (χ0n) is 15.5. The van der Waals surface area contributed by atoms with Crippen molar-refractivity contribution >= 4 is 32.8 Å². The molecule has 6 nitrogen and oxygen atoms in total. The lowest BCUT2D eigenvalue weighted by Gasteiger charge is -2.24. The van der Waals surface area contributed by atoms with E-state index in [1.807, 2.05) is 0 Å². The number of hydrogen-bond acceptors (Lipinski definition) is 5. The van der Waals surface area contributed by atoms with E-state index in [9.17, 15) is 40.0 Å². The van der Waals surface area contributed by atoms with Crippen molar-refractivity contribution in [3.63, 3.8) is 0 Å². The van der Waals surface area contributed by atoms with Crippen LogP contribution in [0.5, 0.6) is 0 Å². The van der Waals surface area contributed by atoms with Crippen LogP contribution in [0, 0.1) is 29.1 Å². The highest BCUT2D eigenvalue weighted by Gasteiger charge is 2.40. The predicted molar refractivity (Wildman–Crippen MR) is 96.7 cm³/mol. The van der Waals surface area contributed by atoms with Crippen molar-refractivity contribution < 1.29 is 44.7 Å². The Morgan fingerprint density at radius 1 is 0.968 bits per heavy atom. The summed E-state index contributed by atoms with van der Waals surface area (Å²) in [5, 5.41) is -1.45. The SMILES string of the molecule is CN([C@@H](CC(=O)OCc1ccccc1)C(=O)Cl)S(=O)(=O)c1c(F)c(F)c(F)c(F)c1F. The zero-order chi connectivity index (χ0) is 23.5. The van der Waals surface area contributed by atoms with Gasteiger partial charge in [0.15, 0.2) is 28.2 Å². The summed E-state index contributed by atoms with van der Waals surface area (Å²) in [6.07, 6.45) is -0.986. The van der Waals surface area contributed by atoms with E-state index in [1.54, 1.807) is 30.3 Å². The highest BCUT2D eigenvalue weighted by molar-refractivity contribution is 7.89. The molecule has 0 aromatic heterocycles. The van der Waals surface area contributed by atoms with Gasteiger partial charge < -0.3 is 4.74 Å². The van der Waals surface area contributed by atoms with Crippen molar-refractivity contribution in [2.75, 3.05) is 7.05 Å². The van der Waals surface area contributed by atoms with Crippen LogP contribution >= 0.6 is 11.6 Å². The molecule has 0 saturated carbocycles. The van der Waals surface area contributed by atoms with Gasteiger partial charge in [-0.2, -0.15) is 4.31 Å². The van der Waals surface area contributed by atoms with Crippen LogP contribution in [0.1, 0.15) is 12.0 Å². The lowest BCUT2D eigenvalue weighted by atomic mass is 10.2. The average Bonchev–Trinajstić information content (AvgIpc) is 2.73. The van der Waals surface area contributed by atoms with E-state index >= 15 is 0 Å². The molecule has 1 atom stereocenters. The lowest BCUT2D eigenvalue weighted by Crippen LogP contribution is -2.43. The molecule has 0 bridgehead atoms. The van der Waals surface area contributed by atoms with Gasteiger partial charge in [0.2, 0.25) is 21.1 Å². The molecular formula is C18H13ClF5NO5S. The second-order valence-corrected chi connectivity index (χ2v) is 8.40. The number of carbonyl (C=O) groups excluding carboxylic acids is 2. The normalized spacial score (nSPS) is 12.6. The molecular weight excluding hydrogens is 473 g/mol. The molecule has 31 heavy (non-hydrogen) atoms. The smallest absolute Gasteiger partial charge is 0.308 e. The van der Waals surface area contributed by atoms with E-state index in [4.69, 9.17) is 16.3 Å². The number of rotatable bonds is 8. The third-order valence-electron chi connectivity index (χ3n) is 4.11. The van der Waals surface area contributed by atoms with E-state index in [2.05, 4.69) is 0 Å². The van der Waals surface area contributed by atoms with Crippen molar-refractivity contribution in [1.29, 1.82) is 0 Å². The zero-order valence-corrected chi connectivity index (χ0v) is 17.1. The summed E-state index contributed by atoms with van der Waals surface area (Å²) in [4.78, 5) is 21.5. The number of carbonyl (C=O) groups is 2. The maximum Gasteiger partial charge on any atom is 0.308 e. The third-order valence-corrected chi connectivity index (χ3v) is 6.25. The first-order chi connectivity index (χ1) is 14.4. The number of nitrogens with zero attached hydrogens (tertiary/aromatic N) is 1. The molecule has 2 aromatic carbocycles. The monoisotopic (exact) mass is 485 g/mol. The topological polar surface area (TPSA) is 80.8 Å². The maximum absolute atomic E-state index is 14.0. The Morgan fingerprint density at radius 3 is 1.94 bits per heavy atom. The summed E-state index contributed by atoms with van der Waals surface area (Å²) in [6, 6.07) is 6.17. The molecule has 0 heterocycles. The fourth-order valence-corrected chi connectivity index (χ4v) is 4.14. The van der Waals surface area contributed by atoms with Gasteiger partial charge in [0.25, 0.3) is 0 Å². The van der Waals surface area contributed by atoms with Crippen LogP contribution in [0.15, 0.2) is 35.2 Å². The fraction of sp³-hybridized carbons (Fsp3) is 0.222. The first-order valence-electron chi connectivity index (χ1n) is 8.28. The maximum atomic E-state index is 14.0. The van der Waals surface area contributed by atoms with Gasteiger partial charge in [-0.3, -0.25) is 9.59 Å². The van der Waals surface area contributed by atoms with E-state index in [1.165, 1.54) is 0 Å². The van der Waals surface area contributed by atoms with E-state index in [0.29, 0.717) is 12.6 Å². The predicted octanol–water partition coefficient (Wildman–Crippen LogP) is 3.27. The number of halogens is 6. The van der Waals surface area contributed by atoms with Gasteiger partial charge in [-0.1, -0.05) is 30.3 Å². The van der Waals surface area contributed by atoms with Crippen LogP contribution in [0.4, 0.5) is 22.0 Å². The number of likely N-dealkylation sites (N-methyl/N-ethyl adjacent to an activating group) is 1. The minimum Gasteiger partial charge on any atom is -0.461 e. The van der Waals surface area contributed by atoms with Crippen LogP contribution in [0.2, 0.25) is 0 Å². The number of hydrogen-bond donors (Lipinski definition) is 0. The minimum absolute atomic E-state index is 0.0651. The standard InChI is InChI=1S/C18H13ClF5NO5S/c1-25(31(28,29)17-15(23)13(21)12(20)14(22)16(17)24)10(18(19)27)7-11(26)30-8-9-5-3-2-4-6-9/h2-6,10H,7-8H2,1H3/t10-/m0/s1. The number of esters is 1. The number of ether oxygens (including phenoxy) is 1. The van der Waals surface area contributed by atoms with E-state index < -0.39 is 67.7 Å². The Hall–Kier alpha value is -2.57. The summed E-state index contributed by atoms with van der Waals surface area (Å²) in [5.41, 5.74) is 0.562. The third kappa shape index (κ3) is 5.20. The molecule has 0 unspecified atom stereocenters. The van der Waals surface area contributed by atoms with Crippen LogP contribution in [0.25, 0.3) is 0 Å². The molecule has 2 aromatic rings. The average molecular weight is 486 g/mol. The molecule has 0 aliphatic heterocycles. The Kier molecular flexibility index (Phi) is 7.73. The van der Waals surface area contributed by atoms with Crippen molar-refractivity contribution in [3.05, 3.63) is 65.0 Å². The van der Waals surface area contributed by atoms with Crippen LogP contribution in [-0.2, 0) is 31.0 Å². The van der Waals surface area contributed by atoms with Gasteiger partial charge in [-0.15, -0.1) is 0 Å². The van der Waals surface area contributed by atoms with Crippen LogP contribution < -0.4 is 0 Å². The van der Waals surface area contributed by atoms with Gasteiger partial charge in [0.1, 0.15) is 12.6 Å². The Morgan fingerprint density at radius 2 is 1.45 bits per heavy atom. The van der Waals surface area contributed by atoms with Gasteiger partial charge in [0.05, 0.1) is 6.42 Å². The molecule has 168 valence electrons. The van der Waals surface area contributed by atoms with Gasteiger partial charge >= 0.3 is 5.97 Å². The second kappa shape index (κ2) is 9.71. The molecule has 0 fully saturated rings. The summed E-state index contributed by atoms with van der Waals surface area (Å²) in [5.74, 6) is -13.9. The van der Waals surface area contributed by atoms with E-state index in [-0.39, 0.29) is 10.9 Å². The second-order valence-electron chi connectivity index (χ2n) is 6.09. The minimum atomic E-state index is -5.50. The number of benzene rings is 2. The van der Waals surface area contributed by atoms with Gasteiger partial charge in [-0.05, 0) is 17.2 Å². The molecule has 2 rings (SSSR count). The molecule has 0 amide bonds. The molecule has 0 aliphatic carbocycles. The summed E-state index contributed by atoms with van der Waals surface area (Å²) < 4.78 is 97.8. The lowest BCUT2D eigenvalue weighted by molar-refractivity contribution is -0.146. The highest BCUT2D eigenvalue weighted by Crippen LogP contribution is 2.30.